The van der Waals surface area contributed by atoms with Crippen molar-refractivity contribution in [3.05, 3.63) is 24.3 Å². The van der Waals surface area contributed by atoms with E-state index in [1.807, 2.05) is 24.5 Å². The fourth-order valence-corrected chi connectivity index (χ4v) is 4.03. The maximum atomic E-state index is 11.9. The van der Waals surface area contributed by atoms with Gasteiger partial charge in [0.1, 0.15) is 0 Å². The second-order valence-electron chi connectivity index (χ2n) is 5.06. The number of carbonyl (C=O) groups excluding carboxylic acids is 2. The van der Waals surface area contributed by atoms with Gasteiger partial charge in [0.25, 0.3) is 0 Å². The standard InChI is InChI=1S/C15H20N2O3S2/c1-20-15(6-7-22-10-15)9-16-13(18)14(19)17-11-4-3-5-12(8-11)21-2/h3-5,8H,6-7,9-10H2,1-2H3,(H,16,18)(H,17,19). The number of hydrogen-bond acceptors (Lipinski definition) is 5. The Bertz CT molecular complexity index is 545. The Morgan fingerprint density at radius 2 is 2.23 bits per heavy atom. The summed E-state index contributed by atoms with van der Waals surface area (Å²) < 4.78 is 5.51. The molecule has 1 unspecified atom stereocenters. The number of nitrogens with one attached hydrogen (secondary N) is 2. The first kappa shape index (κ1) is 17.2. The monoisotopic (exact) mass is 340 g/mol. The van der Waals surface area contributed by atoms with E-state index in [-0.39, 0.29) is 5.60 Å². The molecule has 0 radical (unpaired) electrons. The molecule has 1 saturated heterocycles. The SMILES string of the molecule is COC1(CNC(=O)C(=O)Nc2cccc(SC)c2)CCSC1. The van der Waals surface area contributed by atoms with E-state index in [2.05, 4.69) is 10.6 Å². The Kier molecular flexibility index (Phi) is 6.16. The van der Waals surface area contributed by atoms with Crippen molar-refractivity contribution >= 4 is 41.0 Å². The maximum absolute atomic E-state index is 11.9. The van der Waals surface area contributed by atoms with Gasteiger partial charge < -0.3 is 15.4 Å². The molecule has 0 saturated carbocycles. The highest BCUT2D eigenvalue weighted by Crippen LogP contribution is 2.30. The zero-order valence-electron chi connectivity index (χ0n) is 12.7. The predicted molar refractivity (Wildman–Crippen MR) is 91.5 cm³/mol. The molecular weight excluding hydrogens is 320 g/mol. The number of ether oxygens (including phenoxy) is 1. The summed E-state index contributed by atoms with van der Waals surface area (Å²) in [7, 11) is 1.64. The molecule has 0 bridgehead atoms. The molecule has 0 aliphatic carbocycles. The van der Waals surface area contributed by atoms with Crippen LogP contribution >= 0.6 is 23.5 Å². The summed E-state index contributed by atoms with van der Waals surface area (Å²) >= 11 is 3.37. The molecule has 2 rings (SSSR count). The third-order valence-corrected chi connectivity index (χ3v) is 5.55. The normalized spacial score (nSPS) is 20.6. The zero-order chi connectivity index (χ0) is 16.0. The second-order valence-corrected chi connectivity index (χ2v) is 7.04. The first-order valence-corrected chi connectivity index (χ1v) is 9.33. The molecule has 1 aliphatic heterocycles. The van der Waals surface area contributed by atoms with Crippen molar-refractivity contribution in [1.29, 1.82) is 0 Å². The van der Waals surface area contributed by atoms with Gasteiger partial charge in [-0.15, -0.1) is 11.8 Å². The number of benzene rings is 1. The average molecular weight is 340 g/mol. The van der Waals surface area contributed by atoms with E-state index in [0.717, 1.165) is 22.8 Å². The molecule has 1 heterocycles. The molecule has 0 aromatic heterocycles. The molecule has 1 aromatic rings. The number of amides is 2. The van der Waals surface area contributed by atoms with Crippen LogP contribution in [0.1, 0.15) is 6.42 Å². The van der Waals surface area contributed by atoms with Crippen LogP contribution in [-0.2, 0) is 14.3 Å². The Labute approximate surface area is 138 Å². The Morgan fingerprint density at radius 3 is 2.86 bits per heavy atom. The first-order chi connectivity index (χ1) is 10.6. The van der Waals surface area contributed by atoms with Crippen LogP contribution < -0.4 is 10.6 Å². The molecular formula is C15H20N2O3S2. The fraction of sp³-hybridized carbons (Fsp3) is 0.467. The Balaban J connectivity index is 1.87. The number of anilines is 1. The first-order valence-electron chi connectivity index (χ1n) is 6.95. The van der Waals surface area contributed by atoms with E-state index in [4.69, 9.17) is 4.74 Å². The zero-order valence-corrected chi connectivity index (χ0v) is 14.3. The second kappa shape index (κ2) is 7.89. The maximum Gasteiger partial charge on any atom is 0.313 e. The summed E-state index contributed by atoms with van der Waals surface area (Å²) in [4.78, 5) is 24.9. The summed E-state index contributed by atoms with van der Waals surface area (Å²) in [5.41, 5.74) is 0.268. The minimum absolute atomic E-state index is 0.348. The lowest BCUT2D eigenvalue weighted by Crippen LogP contribution is -2.47. The van der Waals surface area contributed by atoms with Crippen molar-refractivity contribution in [3.63, 3.8) is 0 Å². The quantitative estimate of drug-likeness (QED) is 0.634. The van der Waals surface area contributed by atoms with Crippen molar-refractivity contribution in [2.45, 2.75) is 16.9 Å². The van der Waals surface area contributed by atoms with Crippen molar-refractivity contribution in [2.24, 2.45) is 0 Å². The topological polar surface area (TPSA) is 67.4 Å². The molecule has 1 atom stereocenters. The lowest BCUT2D eigenvalue weighted by atomic mass is 10.0. The summed E-state index contributed by atoms with van der Waals surface area (Å²) in [5.74, 6) is 0.552. The van der Waals surface area contributed by atoms with E-state index in [1.165, 1.54) is 0 Å². The molecule has 120 valence electrons. The van der Waals surface area contributed by atoms with Gasteiger partial charge in [0.05, 0.1) is 5.60 Å². The highest BCUT2D eigenvalue weighted by molar-refractivity contribution is 7.99. The molecule has 22 heavy (non-hydrogen) atoms. The Hall–Kier alpha value is -1.18. The fourth-order valence-electron chi connectivity index (χ4n) is 2.17. The van der Waals surface area contributed by atoms with Gasteiger partial charge in [-0.3, -0.25) is 9.59 Å². The highest BCUT2D eigenvalue weighted by atomic mass is 32.2. The van der Waals surface area contributed by atoms with E-state index >= 15 is 0 Å². The summed E-state index contributed by atoms with van der Waals surface area (Å²) in [6.45, 7) is 0.355. The van der Waals surface area contributed by atoms with Gasteiger partial charge in [-0.05, 0) is 36.6 Å². The lowest BCUT2D eigenvalue weighted by Gasteiger charge is -2.26. The summed E-state index contributed by atoms with van der Waals surface area (Å²) in [6, 6.07) is 7.38. The number of carbonyl (C=O) groups is 2. The van der Waals surface area contributed by atoms with Crippen molar-refractivity contribution in [2.75, 3.05) is 36.7 Å². The minimum Gasteiger partial charge on any atom is -0.376 e. The summed E-state index contributed by atoms with van der Waals surface area (Å²) in [5, 5.41) is 5.28. The third kappa shape index (κ3) is 4.41. The molecule has 5 nitrogen and oxygen atoms in total. The van der Waals surface area contributed by atoms with Gasteiger partial charge in [-0.25, -0.2) is 0 Å². The molecule has 0 spiro atoms. The highest BCUT2D eigenvalue weighted by Gasteiger charge is 2.35. The predicted octanol–water partition coefficient (Wildman–Crippen LogP) is 1.99. The van der Waals surface area contributed by atoms with Crippen molar-refractivity contribution in [1.82, 2.24) is 5.32 Å². The largest absolute Gasteiger partial charge is 0.376 e. The van der Waals surface area contributed by atoms with Crippen molar-refractivity contribution in [3.8, 4) is 0 Å². The van der Waals surface area contributed by atoms with E-state index in [9.17, 15) is 9.59 Å². The van der Waals surface area contributed by atoms with Gasteiger partial charge >= 0.3 is 11.8 Å². The molecule has 2 amide bonds. The van der Waals surface area contributed by atoms with Gasteiger partial charge in [-0.1, -0.05) is 6.07 Å². The smallest absolute Gasteiger partial charge is 0.313 e. The lowest BCUT2D eigenvalue weighted by molar-refractivity contribution is -0.136. The van der Waals surface area contributed by atoms with Crippen LogP contribution in [-0.4, -0.2) is 48.8 Å². The van der Waals surface area contributed by atoms with Crippen LogP contribution in [0.4, 0.5) is 5.69 Å². The van der Waals surface area contributed by atoms with Crippen LogP contribution in [0.3, 0.4) is 0 Å². The molecule has 7 heteroatoms. The van der Waals surface area contributed by atoms with Gasteiger partial charge in [0.2, 0.25) is 0 Å². The number of hydrogen-bond donors (Lipinski definition) is 2. The molecule has 1 aliphatic rings. The van der Waals surface area contributed by atoms with Crippen LogP contribution in [0.2, 0.25) is 0 Å². The summed E-state index contributed by atoms with van der Waals surface area (Å²) in [6.07, 6.45) is 2.84. The van der Waals surface area contributed by atoms with Crippen molar-refractivity contribution < 1.29 is 14.3 Å². The number of thioether (sulfide) groups is 2. The third-order valence-electron chi connectivity index (χ3n) is 3.61. The molecule has 2 N–H and O–H groups in total. The van der Waals surface area contributed by atoms with E-state index in [0.29, 0.717) is 12.2 Å². The average Bonchev–Trinajstić information content (AvgIpc) is 3.02. The van der Waals surface area contributed by atoms with Crippen LogP contribution in [0.25, 0.3) is 0 Å². The van der Waals surface area contributed by atoms with Crippen LogP contribution in [0.15, 0.2) is 29.2 Å². The minimum atomic E-state index is -0.657. The van der Waals surface area contributed by atoms with E-state index in [1.54, 1.807) is 36.7 Å². The molecule has 1 aromatic carbocycles. The van der Waals surface area contributed by atoms with Gasteiger partial charge in [-0.2, -0.15) is 11.8 Å². The number of rotatable bonds is 5. The Morgan fingerprint density at radius 1 is 1.41 bits per heavy atom. The number of methoxy groups -OCH3 is 1. The molecule has 1 fully saturated rings. The van der Waals surface area contributed by atoms with Gasteiger partial charge in [0, 0.05) is 30.0 Å². The van der Waals surface area contributed by atoms with E-state index < -0.39 is 11.8 Å². The van der Waals surface area contributed by atoms with Crippen LogP contribution in [0.5, 0.6) is 0 Å². The van der Waals surface area contributed by atoms with Gasteiger partial charge in [0.15, 0.2) is 0 Å². The van der Waals surface area contributed by atoms with Crippen LogP contribution in [0, 0.1) is 0 Å².